The normalized spacial score (nSPS) is 10.5. The van der Waals surface area contributed by atoms with Crippen LogP contribution in [-0.2, 0) is 6.54 Å². The summed E-state index contributed by atoms with van der Waals surface area (Å²) in [7, 11) is 0. The highest BCUT2D eigenvalue weighted by Crippen LogP contribution is 2.13. The summed E-state index contributed by atoms with van der Waals surface area (Å²) in [4.78, 5) is 22.7. The molecule has 2 rings (SSSR count). The van der Waals surface area contributed by atoms with Crippen molar-refractivity contribution in [3.63, 3.8) is 0 Å². The van der Waals surface area contributed by atoms with Gasteiger partial charge in [0.2, 0.25) is 0 Å². The number of benzene rings is 1. The Bertz CT molecular complexity index is 672. The maximum Gasteiger partial charge on any atom is 0.270 e. The number of rotatable bonds is 8. The Morgan fingerprint density at radius 2 is 1.88 bits per heavy atom. The molecule has 1 aromatic carbocycles. The van der Waals surface area contributed by atoms with Gasteiger partial charge in [-0.15, -0.1) is 0 Å². The number of carbonyl (C=O) groups excluding carboxylic acids is 1. The summed E-state index contributed by atoms with van der Waals surface area (Å²) >= 11 is 0. The molecule has 0 bridgehead atoms. The predicted molar refractivity (Wildman–Crippen MR) is 92.4 cm³/mol. The van der Waals surface area contributed by atoms with Crippen molar-refractivity contribution < 1.29 is 9.18 Å². The second-order valence-electron chi connectivity index (χ2n) is 5.52. The van der Waals surface area contributed by atoms with Crippen molar-refractivity contribution in [2.45, 2.75) is 33.2 Å². The van der Waals surface area contributed by atoms with Gasteiger partial charge in [0.25, 0.3) is 5.91 Å². The summed E-state index contributed by atoms with van der Waals surface area (Å²) in [5, 5.41) is 2.70. The van der Waals surface area contributed by atoms with Crippen molar-refractivity contribution in [2.75, 3.05) is 18.0 Å². The van der Waals surface area contributed by atoms with Crippen molar-refractivity contribution in [1.82, 2.24) is 15.3 Å². The van der Waals surface area contributed by atoms with Gasteiger partial charge in [0.15, 0.2) is 0 Å². The molecule has 0 unspecified atom stereocenters. The average Bonchev–Trinajstić information content (AvgIpc) is 2.61. The van der Waals surface area contributed by atoms with E-state index < -0.39 is 0 Å². The summed E-state index contributed by atoms with van der Waals surface area (Å²) in [5.41, 5.74) is 0.729. The van der Waals surface area contributed by atoms with Crippen molar-refractivity contribution in [1.29, 1.82) is 0 Å². The zero-order chi connectivity index (χ0) is 17.4. The molecule has 0 aliphatic rings. The molecule has 0 atom stereocenters. The molecule has 0 aliphatic carbocycles. The minimum Gasteiger partial charge on any atom is -0.357 e. The van der Waals surface area contributed by atoms with Gasteiger partial charge in [-0.2, -0.15) is 0 Å². The number of nitrogens with zero attached hydrogens (tertiary/aromatic N) is 3. The molecule has 128 valence electrons. The summed E-state index contributed by atoms with van der Waals surface area (Å²) in [5.74, 6) is 0.0674. The van der Waals surface area contributed by atoms with E-state index in [9.17, 15) is 9.18 Å². The van der Waals surface area contributed by atoms with E-state index in [1.54, 1.807) is 24.3 Å². The number of amides is 1. The molecular formula is C18H23FN4O. The van der Waals surface area contributed by atoms with E-state index in [2.05, 4.69) is 34.0 Å². The topological polar surface area (TPSA) is 58.1 Å². The van der Waals surface area contributed by atoms with E-state index in [4.69, 9.17) is 0 Å². The second kappa shape index (κ2) is 8.96. The van der Waals surface area contributed by atoms with Crippen LogP contribution in [0.2, 0.25) is 0 Å². The highest BCUT2D eigenvalue weighted by Gasteiger charge is 2.12. The van der Waals surface area contributed by atoms with E-state index in [0.717, 1.165) is 31.7 Å². The molecule has 1 N–H and O–H groups in total. The van der Waals surface area contributed by atoms with Crippen LogP contribution in [0.4, 0.5) is 10.2 Å². The first kappa shape index (κ1) is 17.8. The Morgan fingerprint density at radius 1 is 1.17 bits per heavy atom. The van der Waals surface area contributed by atoms with E-state index in [1.807, 2.05) is 0 Å². The lowest BCUT2D eigenvalue weighted by Gasteiger charge is -2.22. The van der Waals surface area contributed by atoms with Crippen LogP contribution in [0.3, 0.4) is 0 Å². The monoisotopic (exact) mass is 330 g/mol. The fourth-order valence-electron chi connectivity index (χ4n) is 2.43. The molecule has 24 heavy (non-hydrogen) atoms. The largest absolute Gasteiger partial charge is 0.357 e. The predicted octanol–water partition coefficient (Wildman–Crippen LogP) is 3.17. The summed E-state index contributed by atoms with van der Waals surface area (Å²) < 4.78 is 13.6. The van der Waals surface area contributed by atoms with Crippen LogP contribution in [0.15, 0.2) is 36.7 Å². The minimum absolute atomic E-state index is 0.123. The molecular weight excluding hydrogens is 307 g/mol. The SMILES string of the molecule is CCCN(CCC)c1cc(C(=O)NCc2ccccc2F)ncn1. The molecule has 0 aliphatic heterocycles. The number of nitrogens with one attached hydrogen (secondary N) is 1. The molecule has 1 heterocycles. The first-order chi connectivity index (χ1) is 11.7. The average molecular weight is 330 g/mol. The summed E-state index contributed by atoms with van der Waals surface area (Å²) in [6, 6.07) is 8.05. The van der Waals surface area contributed by atoms with Gasteiger partial charge < -0.3 is 10.2 Å². The van der Waals surface area contributed by atoms with Gasteiger partial charge in [-0.3, -0.25) is 4.79 Å². The highest BCUT2D eigenvalue weighted by atomic mass is 19.1. The maximum atomic E-state index is 13.6. The van der Waals surface area contributed by atoms with Gasteiger partial charge in [-0.25, -0.2) is 14.4 Å². The van der Waals surface area contributed by atoms with Crippen LogP contribution < -0.4 is 10.2 Å². The van der Waals surface area contributed by atoms with Crippen LogP contribution in [0.25, 0.3) is 0 Å². The van der Waals surface area contributed by atoms with E-state index >= 15 is 0 Å². The van der Waals surface area contributed by atoms with E-state index in [-0.39, 0.29) is 24.0 Å². The van der Waals surface area contributed by atoms with Gasteiger partial charge in [0.1, 0.15) is 23.7 Å². The lowest BCUT2D eigenvalue weighted by molar-refractivity contribution is 0.0945. The quantitative estimate of drug-likeness (QED) is 0.808. The van der Waals surface area contributed by atoms with Gasteiger partial charge in [0, 0.05) is 31.3 Å². The Hall–Kier alpha value is -2.50. The Labute approximate surface area is 141 Å². The first-order valence-electron chi connectivity index (χ1n) is 8.24. The van der Waals surface area contributed by atoms with Crippen LogP contribution >= 0.6 is 0 Å². The fraction of sp³-hybridized carbons (Fsp3) is 0.389. The fourth-order valence-corrected chi connectivity index (χ4v) is 2.43. The summed E-state index contributed by atoms with van der Waals surface area (Å²) in [6.07, 6.45) is 3.39. The van der Waals surface area contributed by atoms with E-state index in [1.165, 1.54) is 12.4 Å². The molecule has 0 radical (unpaired) electrons. The maximum absolute atomic E-state index is 13.6. The van der Waals surface area contributed by atoms with Crippen molar-refractivity contribution in [3.8, 4) is 0 Å². The number of aromatic nitrogens is 2. The van der Waals surface area contributed by atoms with Crippen molar-refractivity contribution in [2.24, 2.45) is 0 Å². The number of halogens is 1. The molecule has 0 saturated heterocycles. The molecule has 0 fully saturated rings. The standard InChI is InChI=1S/C18H23FN4O/c1-3-9-23(10-4-2)17-11-16(21-13-22-17)18(24)20-12-14-7-5-6-8-15(14)19/h5-8,11,13H,3-4,9-10,12H2,1-2H3,(H,20,24). The molecule has 6 heteroatoms. The van der Waals surface area contributed by atoms with Crippen molar-refractivity contribution in [3.05, 3.63) is 53.7 Å². The lowest BCUT2D eigenvalue weighted by Crippen LogP contribution is -2.28. The Balaban J connectivity index is 2.07. The lowest BCUT2D eigenvalue weighted by atomic mass is 10.2. The third kappa shape index (κ3) is 4.75. The van der Waals surface area contributed by atoms with Gasteiger partial charge in [-0.1, -0.05) is 32.0 Å². The molecule has 0 saturated carbocycles. The third-order valence-electron chi connectivity index (χ3n) is 3.59. The number of carbonyl (C=O) groups is 1. The molecule has 2 aromatic rings. The van der Waals surface area contributed by atoms with Crippen LogP contribution in [0.1, 0.15) is 42.7 Å². The Kier molecular flexibility index (Phi) is 6.66. The van der Waals surface area contributed by atoms with Gasteiger partial charge in [0.05, 0.1) is 0 Å². The van der Waals surface area contributed by atoms with E-state index in [0.29, 0.717) is 5.56 Å². The van der Waals surface area contributed by atoms with Crippen LogP contribution in [0, 0.1) is 5.82 Å². The number of hydrogen-bond donors (Lipinski definition) is 1. The van der Waals surface area contributed by atoms with Crippen LogP contribution in [0.5, 0.6) is 0 Å². The molecule has 5 nitrogen and oxygen atoms in total. The molecule has 1 aromatic heterocycles. The number of hydrogen-bond acceptors (Lipinski definition) is 4. The second-order valence-corrected chi connectivity index (χ2v) is 5.52. The van der Waals surface area contributed by atoms with Gasteiger partial charge in [-0.05, 0) is 18.9 Å². The van der Waals surface area contributed by atoms with Crippen molar-refractivity contribution >= 4 is 11.7 Å². The zero-order valence-corrected chi connectivity index (χ0v) is 14.1. The Morgan fingerprint density at radius 3 is 2.54 bits per heavy atom. The summed E-state index contributed by atoms with van der Waals surface area (Å²) in [6.45, 7) is 6.08. The zero-order valence-electron chi connectivity index (χ0n) is 14.1. The van der Waals surface area contributed by atoms with Gasteiger partial charge >= 0.3 is 0 Å². The first-order valence-corrected chi connectivity index (χ1v) is 8.24. The van der Waals surface area contributed by atoms with Crippen LogP contribution in [-0.4, -0.2) is 29.0 Å². The smallest absolute Gasteiger partial charge is 0.270 e. The molecule has 1 amide bonds. The highest BCUT2D eigenvalue weighted by molar-refractivity contribution is 5.92. The third-order valence-corrected chi connectivity index (χ3v) is 3.59. The molecule has 0 spiro atoms. The minimum atomic E-state index is -0.338. The number of anilines is 1.